The van der Waals surface area contributed by atoms with Gasteiger partial charge in [0, 0.05) is 19.1 Å². The number of benzene rings is 2. The Hall–Kier alpha value is -4.18. The number of carbonyl (C=O) groups is 2. The molecule has 2 aromatic carbocycles. The molecule has 0 spiro atoms. The van der Waals surface area contributed by atoms with Crippen LogP contribution in [0.1, 0.15) is 55.6 Å². The number of rotatable bonds is 4. The summed E-state index contributed by atoms with van der Waals surface area (Å²) in [7, 11) is 0. The van der Waals surface area contributed by atoms with E-state index in [1.807, 2.05) is 6.92 Å². The normalized spacial score (nSPS) is 15.1. The molecule has 0 saturated carbocycles. The highest BCUT2D eigenvalue weighted by atomic mass is 32.1. The first kappa shape index (κ1) is 21.7. The number of nitrogens with zero attached hydrogens (tertiary/aromatic N) is 3. The highest BCUT2D eigenvalue weighted by Gasteiger charge is 2.45. The number of aryl methyl sites for hydroxylation is 2. The van der Waals surface area contributed by atoms with E-state index in [0.717, 1.165) is 16.9 Å². The summed E-state index contributed by atoms with van der Waals surface area (Å²) in [5.41, 5.74) is 1.74. The lowest BCUT2D eigenvalue weighted by molar-refractivity contribution is -0.384. The molecular formula is C24H17N3O6S. The summed E-state index contributed by atoms with van der Waals surface area (Å²) >= 11 is 1.05. The summed E-state index contributed by atoms with van der Waals surface area (Å²) in [5.74, 6) is -0.864. The van der Waals surface area contributed by atoms with Crippen molar-refractivity contribution in [1.29, 1.82) is 0 Å². The fraction of sp³-hybridized carbons (Fsp3) is 0.167. The fourth-order valence-electron chi connectivity index (χ4n) is 4.19. The third-order valence-corrected chi connectivity index (χ3v) is 7.01. The van der Waals surface area contributed by atoms with Crippen LogP contribution in [-0.4, -0.2) is 21.6 Å². The first-order valence-electron chi connectivity index (χ1n) is 10.3. The van der Waals surface area contributed by atoms with E-state index >= 15 is 0 Å². The summed E-state index contributed by atoms with van der Waals surface area (Å²) in [6.07, 6.45) is 0. The molecule has 0 N–H and O–H groups in total. The van der Waals surface area contributed by atoms with Gasteiger partial charge < -0.3 is 4.42 Å². The summed E-state index contributed by atoms with van der Waals surface area (Å²) in [6.45, 7) is 4.93. The number of anilines is 1. The maximum absolute atomic E-state index is 13.6. The minimum Gasteiger partial charge on any atom is -0.450 e. The lowest BCUT2D eigenvalue weighted by Gasteiger charge is -2.22. The van der Waals surface area contributed by atoms with Gasteiger partial charge in [-0.3, -0.25) is 29.4 Å². The number of hydrogen-bond donors (Lipinski definition) is 0. The quantitative estimate of drug-likeness (QED) is 0.237. The standard InChI is InChI=1S/C24H17N3O6S/c1-11-4-9-17-16(10-11)20(29)18-19(14-5-7-15(8-6-14)27(31)32)26(23(30)21(18)33-17)24-25-12(2)22(34-24)13(3)28/h4-10,19H,1-3H3. The monoisotopic (exact) mass is 475 g/mol. The molecule has 0 fully saturated rings. The maximum Gasteiger partial charge on any atom is 0.297 e. The van der Waals surface area contributed by atoms with Gasteiger partial charge in [-0.2, -0.15) is 0 Å². The van der Waals surface area contributed by atoms with Crippen LogP contribution in [0, 0.1) is 24.0 Å². The number of Topliss-reactive ketones (excluding diaryl/α,β-unsaturated/α-hetero) is 1. The van der Waals surface area contributed by atoms with Gasteiger partial charge in [0.15, 0.2) is 16.3 Å². The topological polar surface area (TPSA) is 124 Å². The average molecular weight is 475 g/mol. The van der Waals surface area contributed by atoms with E-state index < -0.39 is 16.9 Å². The third kappa shape index (κ3) is 3.22. The van der Waals surface area contributed by atoms with Crippen molar-refractivity contribution >= 4 is 44.8 Å². The molecule has 1 amide bonds. The van der Waals surface area contributed by atoms with E-state index in [-0.39, 0.29) is 38.9 Å². The first-order chi connectivity index (χ1) is 16.2. The molecular weight excluding hydrogens is 458 g/mol. The zero-order valence-electron chi connectivity index (χ0n) is 18.3. The summed E-state index contributed by atoms with van der Waals surface area (Å²) in [6, 6.07) is 9.84. The van der Waals surface area contributed by atoms with Gasteiger partial charge >= 0.3 is 0 Å². The molecule has 170 valence electrons. The third-order valence-electron chi connectivity index (χ3n) is 5.76. The highest BCUT2D eigenvalue weighted by Crippen LogP contribution is 2.43. The smallest absolute Gasteiger partial charge is 0.297 e. The Balaban J connectivity index is 1.79. The molecule has 0 bridgehead atoms. The van der Waals surface area contributed by atoms with E-state index in [1.165, 1.54) is 36.1 Å². The van der Waals surface area contributed by atoms with E-state index in [0.29, 0.717) is 21.5 Å². The Kier molecular flexibility index (Phi) is 4.90. The Morgan fingerprint density at radius 1 is 1.15 bits per heavy atom. The van der Waals surface area contributed by atoms with Crippen molar-refractivity contribution in [2.24, 2.45) is 0 Å². The fourth-order valence-corrected chi connectivity index (χ4v) is 5.18. The molecule has 1 aliphatic rings. The number of nitro groups is 1. The van der Waals surface area contributed by atoms with Crippen molar-refractivity contribution < 1.29 is 18.9 Å². The molecule has 1 unspecified atom stereocenters. The Bertz CT molecular complexity index is 1590. The minimum absolute atomic E-state index is 0.109. The highest BCUT2D eigenvalue weighted by molar-refractivity contribution is 7.17. The van der Waals surface area contributed by atoms with Gasteiger partial charge in [0.1, 0.15) is 5.58 Å². The predicted molar refractivity (Wildman–Crippen MR) is 126 cm³/mol. The molecule has 5 rings (SSSR count). The Morgan fingerprint density at radius 2 is 1.85 bits per heavy atom. The van der Waals surface area contributed by atoms with Crippen LogP contribution < -0.4 is 10.3 Å². The second-order valence-corrected chi connectivity index (χ2v) is 9.04. The van der Waals surface area contributed by atoms with Crippen molar-refractivity contribution in [1.82, 2.24) is 4.98 Å². The number of hydrogen-bond acceptors (Lipinski definition) is 8. The number of non-ortho nitro benzene ring substituents is 1. The molecule has 10 heteroatoms. The van der Waals surface area contributed by atoms with Crippen LogP contribution in [-0.2, 0) is 0 Å². The average Bonchev–Trinajstić information content (AvgIpc) is 3.32. The van der Waals surface area contributed by atoms with E-state index in [2.05, 4.69) is 4.98 Å². The molecule has 2 aromatic heterocycles. The molecule has 1 atom stereocenters. The van der Waals surface area contributed by atoms with Crippen molar-refractivity contribution in [3.63, 3.8) is 0 Å². The zero-order chi connectivity index (χ0) is 24.3. The minimum atomic E-state index is -0.921. The van der Waals surface area contributed by atoms with Crippen LogP contribution in [0.5, 0.6) is 0 Å². The lowest BCUT2D eigenvalue weighted by Crippen LogP contribution is -2.29. The zero-order valence-corrected chi connectivity index (χ0v) is 19.1. The molecule has 0 radical (unpaired) electrons. The maximum atomic E-state index is 13.6. The van der Waals surface area contributed by atoms with Crippen molar-refractivity contribution in [2.75, 3.05) is 4.90 Å². The van der Waals surface area contributed by atoms with Crippen molar-refractivity contribution in [3.8, 4) is 0 Å². The number of carbonyl (C=O) groups excluding carboxylic acids is 2. The van der Waals surface area contributed by atoms with Crippen molar-refractivity contribution in [2.45, 2.75) is 26.8 Å². The summed E-state index contributed by atoms with van der Waals surface area (Å²) < 4.78 is 5.91. The van der Waals surface area contributed by atoms with Gasteiger partial charge in [0.2, 0.25) is 5.76 Å². The van der Waals surface area contributed by atoms with Gasteiger partial charge in [-0.25, -0.2) is 4.98 Å². The van der Waals surface area contributed by atoms with E-state index in [9.17, 15) is 24.5 Å². The van der Waals surface area contributed by atoms with Crippen LogP contribution in [0.2, 0.25) is 0 Å². The second-order valence-electron chi connectivity index (χ2n) is 8.07. The molecule has 4 aromatic rings. The van der Waals surface area contributed by atoms with Crippen LogP contribution >= 0.6 is 11.3 Å². The second kappa shape index (κ2) is 7.70. The van der Waals surface area contributed by atoms with Gasteiger partial charge in [0.25, 0.3) is 11.6 Å². The number of amides is 1. The van der Waals surface area contributed by atoms with Crippen molar-refractivity contribution in [3.05, 3.63) is 95.8 Å². The summed E-state index contributed by atoms with van der Waals surface area (Å²) in [5, 5.41) is 11.7. The molecule has 1 aliphatic heterocycles. The van der Waals surface area contributed by atoms with Gasteiger partial charge in [-0.1, -0.05) is 23.0 Å². The van der Waals surface area contributed by atoms with Gasteiger partial charge in [0.05, 0.1) is 32.5 Å². The SMILES string of the molecule is CC(=O)c1sc(N2C(=O)c3oc4ccc(C)cc4c(=O)c3C2c2ccc([N+](=O)[O-])cc2)nc1C. The Morgan fingerprint density at radius 3 is 2.47 bits per heavy atom. The summed E-state index contributed by atoms with van der Waals surface area (Å²) in [4.78, 5) is 56.0. The van der Waals surface area contributed by atoms with E-state index in [4.69, 9.17) is 4.42 Å². The van der Waals surface area contributed by atoms with Crippen LogP contribution in [0.3, 0.4) is 0 Å². The van der Waals surface area contributed by atoms with Crippen LogP contribution in [0.15, 0.2) is 51.7 Å². The van der Waals surface area contributed by atoms with Crippen LogP contribution in [0.25, 0.3) is 11.0 Å². The molecule has 0 saturated heterocycles. The number of aromatic nitrogens is 1. The first-order valence-corrected chi connectivity index (χ1v) is 11.1. The van der Waals surface area contributed by atoms with Gasteiger partial charge in [-0.15, -0.1) is 0 Å². The lowest BCUT2D eigenvalue weighted by atomic mass is 9.98. The molecule has 0 aliphatic carbocycles. The van der Waals surface area contributed by atoms with Gasteiger partial charge in [-0.05, 0) is 43.7 Å². The molecule has 34 heavy (non-hydrogen) atoms. The number of fused-ring (bicyclic) bond motifs is 2. The number of nitro benzene ring substituents is 1. The van der Waals surface area contributed by atoms with Crippen LogP contribution in [0.4, 0.5) is 10.8 Å². The molecule has 3 heterocycles. The van der Waals surface area contributed by atoms with E-state index in [1.54, 1.807) is 25.1 Å². The largest absolute Gasteiger partial charge is 0.450 e. The Labute approximate surface area is 196 Å². The molecule has 9 nitrogen and oxygen atoms in total. The number of ketones is 1. The number of thiazole rings is 1. The predicted octanol–water partition coefficient (Wildman–Crippen LogP) is 4.73.